The Bertz CT molecular complexity index is 792. The van der Waals surface area contributed by atoms with Crippen LogP contribution in [0.25, 0.3) is 0 Å². The average molecular weight is 378 g/mol. The van der Waals surface area contributed by atoms with E-state index in [1.165, 1.54) is 0 Å². The molecule has 1 aliphatic rings. The van der Waals surface area contributed by atoms with Gasteiger partial charge in [0.1, 0.15) is 0 Å². The van der Waals surface area contributed by atoms with Gasteiger partial charge in [-0.1, -0.05) is 30.3 Å². The minimum atomic E-state index is -3.20. The Kier molecular flexibility index (Phi) is 6.42. The Morgan fingerprint density at radius 2 is 2.12 bits per heavy atom. The predicted octanol–water partition coefficient (Wildman–Crippen LogP) is 1.40. The molecule has 0 unspecified atom stereocenters. The van der Waals surface area contributed by atoms with Gasteiger partial charge < -0.3 is 9.30 Å². The highest BCUT2D eigenvalue weighted by molar-refractivity contribution is 7.89. The lowest BCUT2D eigenvalue weighted by Crippen LogP contribution is -2.43. The third kappa shape index (κ3) is 5.14. The number of aromatic nitrogens is 2. The van der Waals surface area contributed by atoms with Gasteiger partial charge in [-0.2, -0.15) is 0 Å². The molecule has 0 fully saturated rings. The van der Waals surface area contributed by atoms with Crippen LogP contribution in [0.1, 0.15) is 24.2 Å². The first kappa shape index (κ1) is 19.0. The molecule has 7 nitrogen and oxygen atoms in total. The third-order valence-corrected chi connectivity index (χ3v) is 5.94. The fraction of sp³-hybridized carbons (Fsp3) is 0.500. The van der Waals surface area contributed by atoms with Crippen LogP contribution in [0, 0.1) is 0 Å². The summed E-state index contributed by atoms with van der Waals surface area (Å²) in [5.74, 6) is 0.0908. The number of ether oxygens (including phenoxy) is 1. The summed E-state index contributed by atoms with van der Waals surface area (Å²) in [6, 6.07) is 10.1. The molecule has 0 bridgehead atoms. The van der Waals surface area contributed by atoms with E-state index in [0.29, 0.717) is 19.8 Å². The van der Waals surface area contributed by atoms with Gasteiger partial charge in [0.25, 0.3) is 0 Å². The highest BCUT2D eigenvalue weighted by atomic mass is 32.2. The van der Waals surface area contributed by atoms with Gasteiger partial charge in [-0.3, -0.25) is 4.90 Å². The van der Waals surface area contributed by atoms with Crippen molar-refractivity contribution in [3.8, 4) is 0 Å². The molecule has 0 spiro atoms. The van der Waals surface area contributed by atoms with Crippen LogP contribution in [0.3, 0.4) is 0 Å². The molecule has 0 saturated heterocycles. The number of hydrogen-bond acceptors (Lipinski definition) is 5. The molecule has 2 heterocycles. The van der Waals surface area contributed by atoms with Gasteiger partial charge in [-0.25, -0.2) is 18.1 Å². The first-order valence-electron chi connectivity index (χ1n) is 8.89. The molecular formula is C18H26N4O3S. The van der Waals surface area contributed by atoms with Gasteiger partial charge in [0.2, 0.25) is 10.0 Å². The molecule has 8 heteroatoms. The van der Waals surface area contributed by atoms with Gasteiger partial charge >= 0.3 is 0 Å². The predicted molar refractivity (Wildman–Crippen MR) is 100 cm³/mol. The van der Waals surface area contributed by atoms with Crippen molar-refractivity contribution in [3.63, 3.8) is 0 Å². The topological polar surface area (TPSA) is 76.5 Å². The van der Waals surface area contributed by atoms with Crippen molar-refractivity contribution in [2.75, 3.05) is 32.0 Å². The Hall–Kier alpha value is -1.74. The molecule has 0 aliphatic carbocycles. The minimum absolute atomic E-state index is 0.0386. The van der Waals surface area contributed by atoms with Crippen LogP contribution in [0.5, 0.6) is 0 Å². The molecule has 1 atom stereocenters. The molecule has 1 aromatic carbocycles. The van der Waals surface area contributed by atoms with Crippen molar-refractivity contribution in [1.29, 1.82) is 0 Å². The fourth-order valence-corrected chi connectivity index (χ4v) is 3.73. The molecule has 26 heavy (non-hydrogen) atoms. The van der Waals surface area contributed by atoms with E-state index < -0.39 is 10.0 Å². The molecule has 0 radical (unpaired) electrons. The van der Waals surface area contributed by atoms with Crippen LogP contribution in [0.4, 0.5) is 0 Å². The summed E-state index contributed by atoms with van der Waals surface area (Å²) in [5.41, 5.74) is 2.26. The Labute approximate surface area is 155 Å². The summed E-state index contributed by atoms with van der Waals surface area (Å²) < 4.78 is 34.0. The first-order valence-corrected chi connectivity index (χ1v) is 10.5. The zero-order valence-electron chi connectivity index (χ0n) is 15.0. The van der Waals surface area contributed by atoms with Crippen molar-refractivity contribution < 1.29 is 13.2 Å². The highest BCUT2D eigenvalue weighted by Crippen LogP contribution is 2.20. The summed E-state index contributed by atoms with van der Waals surface area (Å²) in [7, 11) is -3.20. The van der Waals surface area contributed by atoms with E-state index in [-0.39, 0.29) is 11.8 Å². The van der Waals surface area contributed by atoms with Crippen molar-refractivity contribution in [3.05, 3.63) is 54.1 Å². The number of imidazole rings is 1. The van der Waals surface area contributed by atoms with E-state index in [1.54, 1.807) is 13.3 Å². The molecule has 0 amide bonds. The van der Waals surface area contributed by atoms with E-state index in [0.717, 1.165) is 30.9 Å². The summed E-state index contributed by atoms with van der Waals surface area (Å²) in [6.45, 7) is 5.62. The summed E-state index contributed by atoms with van der Waals surface area (Å²) in [5, 5.41) is 0. The number of benzene rings is 1. The van der Waals surface area contributed by atoms with Crippen molar-refractivity contribution in [2.45, 2.75) is 26.1 Å². The average Bonchev–Trinajstić information content (AvgIpc) is 3.13. The van der Waals surface area contributed by atoms with Crippen LogP contribution in [-0.4, -0.2) is 54.9 Å². The van der Waals surface area contributed by atoms with E-state index in [9.17, 15) is 8.42 Å². The quantitative estimate of drug-likeness (QED) is 0.668. The van der Waals surface area contributed by atoms with Gasteiger partial charge in [0, 0.05) is 32.4 Å². The number of nitrogens with one attached hydrogen (secondary N) is 1. The van der Waals surface area contributed by atoms with Crippen molar-refractivity contribution in [2.24, 2.45) is 0 Å². The first-order chi connectivity index (χ1) is 12.6. The van der Waals surface area contributed by atoms with Crippen LogP contribution in [0.2, 0.25) is 0 Å². The van der Waals surface area contributed by atoms with E-state index >= 15 is 0 Å². The number of rotatable bonds is 9. The molecule has 3 rings (SSSR count). The number of sulfonamides is 1. The molecule has 0 saturated carbocycles. The SMILES string of the molecule is CCS(=O)(=O)NC[C@@H]1CN(CCOCc2ccccc2)Cc2cncn21. The minimum Gasteiger partial charge on any atom is -0.375 e. The normalized spacial score (nSPS) is 18.0. The van der Waals surface area contributed by atoms with Gasteiger partial charge in [-0.15, -0.1) is 0 Å². The lowest BCUT2D eigenvalue weighted by molar-refractivity contribution is 0.0777. The molecule has 1 N–H and O–H groups in total. The smallest absolute Gasteiger partial charge is 0.211 e. The molecule has 142 valence electrons. The molecule has 1 aromatic heterocycles. The monoisotopic (exact) mass is 378 g/mol. The van der Waals surface area contributed by atoms with Crippen LogP contribution >= 0.6 is 0 Å². The summed E-state index contributed by atoms with van der Waals surface area (Å²) >= 11 is 0. The summed E-state index contributed by atoms with van der Waals surface area (Å²) in [6.07, 6.45) is 3.63. The maximum absolute atomic E-state index is 11.7. The van der Waals surface area contributed by atoms with Crippen molar-refractivity contribution in [1.82, 2.24) is 19.2 Å². The van der Waals surface area contributed by atoms with E-state index in [4.69, 9.17) is 4.74 Å². The standard InChI is InChI=1S/C18H26N4O3S/c1-2-26(23,24)20-11-18-13-21(12-17-10-19-15-22(17)18)8-9-25-14-16-6-4-3-5-7-16/h3-7,10,15,18,20H,2,8-9,11-14H2,1H3/t18-/m1/s1. The maximum atomic E-state index is 11.7. The highest BCUT2D eigenvalue weighted by Gasteiger charge is 2.25. The van der Waals surface area contributed by atoms with E-state index in [2.05, 4.69) is 31.3 Å². The maximum Gasteiger partial charge on any atom is 0.211 e. The van der Waals surface area contributed by atoms with Crippen LogP contribution < -0.4 is 4.72 Å². The lowest BCUT2D eigenvalue weighted by Gasteiger charge is -2.34. The second kappa shape index (κ2) is 8.77. The summed E-state index contributed by atoms with van der Waals surface area (Å²) in [4.78, 5) is 6.50. The van der Waals surface area contributed by atoms with Crippen LogP contribution in [-0.2, 0) is 27.9 Å². The zero-order valence-corrected chi connectivity index (χ0v) is 15.9. The molecular weight excluding hydrogens is 352 g/mol. The molecule has 2 aromatic rings. The van der Waals surface area contributed by atoms with Gasteiger partial charge in [-0.05, 0) is 12.5 Å². The van der Waals surface area contributed by atoms with Crippen molar-refractivity contribution >= 4 is 10.0 Å². The molecule has 1 aliphatic heterocycles. The number of fused-ring (bicyclic) bond motifs is 1. The van der Waals surface area contributed by atoms with Gasteiger partial charge in [0.05, 0.1) is 37.0 Å². The fourth-order valence-electron chi connectivity index (χ4n) is 3.08. The number of nitrogens with zero attached hydrogens (tertiary/aromatic N) is 3. The Morgan fingerprint density at radius 1 is 1.31 bits per heavy atom. The second-order valence-corrected chi connectivity index (χ2v) is 8.57. The lowest BCUT2D eigenvalue weighted by atomic mass is 10.2. The third-order valence-electron chi connectivity index (χ3n) is 4.58. The zero-order chi connectivity index (χ0) is 18.4. The van der Waals surface area contributed by atoms with Crippen LogP contribution in [0.15, 0.2) is 42.9 Å². The van der Waals surface area contributed by atoms with E-state index in [1.807, 2.05) is 24.4 Å². The largest absolute Gasteiger partial charge is 0.375 e. The Morgan fingerprint density at radius 3 is 2.88 bits per heavy atom. The van der Waals surface area contributed by atoms with Gasteiger partial charge in [0.15, 0.2) is 0 Å². The Balaban J connectivity index is 1.51. The second-order valence-electron chi connectivity index (χ2n) is 6.47. The number of hydrogen-bond donors (Lipinski definition) is 1.